The molecule has 5 heteroatoms. The zero-order valence-corrected chi connectivity index (χ0v) is 20.2. The normalized spacial score (nSPS) is 16.9. The van der Waals surface area contributed by atoms with Crippen LogP contribution in [0.15, 0.2) is 78.9 Å². The molecule has 0 saturated carbocycles. The first-order valence-electron chi connectivity index (χ1n) is 11.5. The van der Waals surface area contributed by atoms with Crippen LogP contribution < -0.4 is 9.64 Å². The maximum Gasteiger partial charge on any atom is 0.251 e. The van der Waals surface area contributed by atoms with Crippen molar-refractivity contribution in [1.29, 1.82) is 0 Å². The van der Waals surface area contributed by atoms with Crippen LogP contribution in [0.4, 0.5) is 11.4 Å². The molecular formula is C30H27NO4. The van der Waals surface area contributed by atoms with Gasteiger partial charge in [0.1, 0.15) is 22.7 Å². The number of amides is 1. The van der Waals surface area contributed by atoms with Gasteiger partial charge in [0.15, 0.2) is 0 Å². The number of methoxy groups -OCH3 is 1. The van der Waals surface area contributed by atoms with Gasteiger partial charge in [-0.05, 0) is 61.7 Å². The summed E-state index contributed by atoms with van der Waals surface area (Å²) in [5.74, 6) is 0.660. The summed E-state index contributed by atoms with van der Waals surface area (Å²) in [6, 6.07) is 24.1. The van der Waals surface area contributed by atoms with Crippen LogP contribution in [0.1, 0.15) is 33.4 Å². The molecule has 35 heavy (non-hydrogen) atoms. The third-order valence-electron chi connectivity index (χ3n) is 6.86. The average Bonchev–Trinajstić information content (AvgIpc) is 3.12. The topological polar surface area (TPSA) is 70.0 Å². The molecule has 5 rings (SSSR count). The van der Waals surface area contributed by atoms with E-state index < -0.39 is 5.41 Å². The number of benzene rings is 4. The fraction of sp³-hybridized carbons (Fsp3) is 0.167. The van der Waals surface area contributed by atoms with Crippen molar-refractivity contribution in [3.63, 3.8) is 0 Å². The summed E-state index contributed by atoms with van der Waals surface area (Å²) < 4.78 is 5.43. The van der Waals surface area contributed by atoms with Gasteiger partial charge < -0.3 is 14.9 Å². The molecule has 1 aliphatic rings. The lowest BCUT2D eigenvalue weighted by Gasteiger charge is -2.32. The molecule has 2 N–H and O–H groups in total. The number of nitrogens with zero attached hydrogens (tertiary/aromatic N) is 1. The van der Waals surface area contributed by atoms with Gasteiger partial charge >= 0.3 is 0 Å². The maximum atomic E-state index is 14.8. The van der Waals surface area contributed by atoms with Crippen molar-refractivity contribution < 1.29 is 19.7 Å². The Balaban J connectivity index is 1.91. The molecule has 1 aliphatic heterocycles. The molecule has 1 amide bonds. The molecule has 4 aromatic rings. The quantitative estimate of drug-likeness (QED) is 0.385. The number of aromatic hydroxyl groups is 2. The number of hydrogen-bond donors (Lipinski definition) is 2. The van der Waals surface area contributed by atoms with Gasteiger partial charge in [0.25, 0.3) is 5.91 Å². The number of aryl methyl sites for hydroxylation is 3. The smallest absolute Gasteiger partial charge is 0.251 e. The van der Waals surface area contributed by atoms with Gasteiger partial charge in [0.2, 0.25) is 0 Å². The second-order valence-electron chi connectivity index (χ2n) is 9.09. The van der Waals surface area contributed by atoms with Crippen LogP contribution in [0.25, 0.3) is 0 Å². The van der Waals surface area contributed by atoms with Gasteiger partial charge in [0, 0.05) is 17.2 Å². The minimum Gasteiger partial charge on any atom is -0.508 e. The number of rotatable bonds is 4. The van der Waals surface area contributed by atoms with Crippen molar-refractivity contribution >= 4 is 17.3 Å². The van der Waals surface area contributed by atoms with Gasteiger partial charge in [-0.3, -0.25) is 9.69 Å². The highest BCUT2D eigenvalue weighted by Gasteiger charge is 2.55. The second-order valence-corrected chi connectivity index (χ2v) is 9.09. The molecule has 176 valence electrons. The van der Waals surface area contributed by atoms with Crippen LogP contribution in [0, 0.1) is 20.8 Å². The second kappa shape index (κ2) is 8.20. The summed E-state index contributed by atoms with van der Waals surface area (Å²) in [4.78, 5) is 16.5. The molecule has 5 nitrogen and oxygen atoms in total. The minimum absolute atomic E-state index is 0.0367. The Kier molecular flexibility index (Phi) is 5.28. The number of carbonyl (C=O) groups excluding carboxylic acids is 1. The van der Waals surface area contributed by atoms with E-state index in [1.807, 2.05) is 93.6 Å². The van der Waals surface area contributed by atoms with Crippen molar-refractivity contribution in [2.75, 3.05) is 12.0 Å². The van der Waals surface area contributed by atoms with Crippen molar-refractivity contribution in [1.82, 2.24) is 0 Å². The number of para-hydroxylation sites is 1. The maximum absolute atomic E-state index is 14.8. The van der Waals surface area contributed by atoms with E-state index >= 15 is 0 Å². The number of phenols is 2. The molecule has 1 unspecified atom stereocenters. The molecule has 0 saturated heterocycles. The summed E-state index contributed by atoms with van der Waals surface area (Å²) >= 11 is 0. The van der Waals surface area contributed by atoms with E-state index in [1.165, 1.54) is 0 Å². The third-order valence-corrected chi connectivity index (χ3v) is 6.86. The van der Waals surface area contributed by atoms with Gasteiger partial charge in [-0.25, -0.2) is 0 Å². The summed E-state index contributed by atoms with van der Waals surface area (Å²) in [5.41, 5.74) is 4.29. The van der Waals surface area contributed by atoms with Crippen molar-refractivity contribution in [2.45, 2.75) is 26.2 Å². The molecule has 4 aromatic carbocycles. The van der Waals surface area contributed by atoms with Gasteiger partial charge in [-0.15, -0.1) is 0 Å². The number of anilines is 2. The predicted octanol–water partition coefficient (Wildman–Crippen LogP) is 6.04. The monoisotopic (exact) mass is 465 g/mol. The summed E-state index contributed by atoms with van der Waals surface area (Å²) in [5, 5.41) is 21.7. The Morgan fingerprint density at radius 2 is 1.51 bits per heavy atom. The molecule has 0 aliphatic carbocycles. The van der Waals surface area contributed by atoms with E-state index in [1.54, 1.807) is 18.1 Å². The van der Waals surface area contributed by atoms with Gasteiger partial charge in [-0.1, -0.05) is 54.1 Å². The largest absolute Gasteiger partial charge is 0.508 e. The van der Waals surface area contributed by atoms with E-state index in [2.05, 4.69) is 0 Å². The summed E-state index contributed by atoms with van der Waals surface area (Å²) in [6.45, 7) is 5.58. The molecule has 0 spiro atoms. The van der Waals surface area contributed by atoms with E-state index in [0.29, 0.717) is 33.7 Å². The van der Waals surface area contributed by atoms with Gasteiger partial charge in [-0.2, -0.15) is 0 Å². The van der Waals surface area contributed by atoms with Crippen LogP contribution >= 0.6 is 0 Å². The van der Waals surface area contributed by atoms with E-state index in [4.69, 9.17) is 4.74 Å². The zero-order valence-electron chi connectivity index (χ0n) is 20.2. The molecule has 0 aromatic heterocycles. The molecule has 0 bridgehead atoms. The number of ether oxygens (including phenoxy) is 1. The highest BCUT2D eigenvalue weighted by molar-refractivity contribution is 6.17. The first-order valence-corrected chi connectivity index (χ1v) is 11.5. The van der Waals surface area contributed by atoms with E-state index in [0.717, 1.165) is 16.8 Å². The highest BCUT2D eigenvalue weighted by atomic mass is 16.5. The molecule has 0 fully saturated rings. The Morgan fingerprint density at radius 1 is 0.800 bits per heavy atom. The third kappa shape index (κ3) is 3.27. The van der Waals surface area contributed by atoms with Crippen molar-refractivity contribution in [3.8, 4) is 17.2 Å². The lowest BCUT2D eigenvalue weighted by molar-refractivity contribution is -0.120. The molecule has 1 heterocycles. The highest BCUT2D eigenvalue weighted by Crippen LogP contribution is 2.55. The SMILES string of the molecule is COc1cccc(N2C(=O)C(c3cc(C)c(O)c(C)c3)(c3cc(C)ccc3O)c3ccccc32)c1. The predicted molar refractivity (Wildman–Crippen MR) is 137 cm³/mol. The van der Waals surface area contributed by atoms with Gasteiger partial charge in [0.05, 0.1) is 18.5 Å². The molecule has 1 atom stereocenters. The Bertz CT molecular complexity index is 1450. The Labute approximate surface area is 204 Å². The first-order chi connectivity index (χ1) is 16.8. The Hall–Kier alpha value is -4.25. The molecule has 0 radical (unpaired) electrons. The van der Waals surface area contributed by atoms with Crippen LogP contribution in [0.2, 0.25) is 0 Å². The standard InChI is InChI=1S/C30H27NO4/c1-18-12-13-27(32)25(14-18)30(21-15-19(2)28(33)20(3)16-21)24-10-5-6-11-26(24)31(29(30)34)22-8-7-9-23(17-22)35-4/h5-17,32-33H,1-4H3. The zero-order chi connectivity index (χ0) is 24.9. The van der Waals surface area contributed by atoms with Crippen LogP contribution in [-0.2, 0) is 10.2 Å². The minimum atomic E-state index is -1.32. The lowest BCUT2D eigenvalue weighted by Crippen LogP contribution is -2.40. The Morgan fingerprint density at radius 3 is 2.23 bits per heavy atom. The fourth-order valence-electron chi connectivity index (χ4n) is 5.20. The van der Waals surface area contributed by atoms with E-state index in [-0.39, 0.29) is 17.4 Å². The average molecular weight is 466 g/mol. The number of hydrogen-bond acceptors (Lipinski definition) is 4. The fourth-order valence-corrected chi connectivity index (χ4v) is 5.20. The number of carbonyl (C=O) groups is 1. The molecular weight excluding hydrogens is 438 g/mol. The van der Waals surface area contributed by atoms with Crippen LogP contribution in [0.5, 0.6) is 17.2 Å². The number of phenolic OH excluding ortho intramolecular Hbond substituents is 2. The van der Waals surface area contributed by atoms with Crippen molar-refractivity contribution in [3.05, 3.63) is 112 Å². The first kappa shape index (κ1) is 22.5. The van der Waals surface area contributed by atoms with E-state index in [9.17, 15) is 15.0 Å². The summed E-state index contributed by atoms with van der Waals surface area (Å²) in [6.07, 6.45) is 0. The lowest BCUT2D eigenvalue weighted by atomic mass is 9.69. The number of fused-ring (bicyclic) bond motifs is 1. The van der Waals surface area contributed by atoms with Crippen LogP contribution in [0.3, 0.4) is 0 Å². The van der Waals surface area contributed by atoms with Crippen molar-refractivity contribution in [2.24, 2.45) is 0 Å². The van der Waals surface area contributed by atoms with Crippen LogP contribution in [-0.4, -0.2) is 23.2 Å². The summed E-state index contributed by atoms with van der Waals surface area (Å²) in [7, 11) is 1.59.